The van der Waals surface area contributed by atoms with Gasteiger partial charge in [-0.25, -0.2) is 26.5 Å². The molecule has 0 spiro atoms. The fourth-order valence-electron chi connectivity index (χ4n) is 4.81. The molecule has 2 N–H and O–H groups in total. The van der Waals surface area contributed by atoms with Gasteiger partial charge in [0.05, 0.1) is 17.9 Å². The Balaban J connectivity index is 1.71. The van der Waals surface area contributed by atoms with Crippen molar-refractivity contribution in [1.82, 2.24) is 18.8 Å². The van der Waals surface area contributed by atoms with Gasteiger partial charge in [-0.2, -0.15) is 4.98 Å². The number of halogens is 2. The quantitative estimate of drug-likeness (QED) is 0.600. The molecule has 0 aromatic carbocycles. The number of aromatic nitrogens is 3. The number of anilines is 1. The molecular weight excluding hydrogens is 455 g/mol. The van der Waals surface area contributed by atoms with Crippen molar-refractivity contribution in [2.75, 3.05) is 24.7 Å². The highest BCUT2D eigenvalue weighted by atomic mass is 32.2. The molecule has 0 bridgehead atoms. The molecule has 2 aromatic heterocycles. The number of nitrogens with zero attached hydrogens (tertiary/aromatic N) is 4. The molecule has 1 saturated carbocycles. The Morgan fingerprint density at radius 1 is 1.24 bits per heavy atom. The summed E-state index contributed by atoms with van der Waals surface area (Å²) >= 11 is 0. The molecule has 2 aromatic rings. The molecule has 13 heteroatoms. The molecule has 180 valence electrons. The fourth-order valence-corrected chi connectivity index (χ4v) is 5.69. The first-order chi connectivity index (χ1) is 15.4. The Morgan fingerprint density at radius 2 is 1.91 bits per heavy atom. The molecule has 3 heterocycles. The largest absolute Gasteiger partial charge is 0.393 e. The molecule has 9 nitrogen and oxygen atoms in total. The average Bonchev–Trinajstić information content (AvgIpc) is 3.05. The summed E-state index contributed by atoms with van der Waals surface area (Å²) in [6.07, 6.45) is 4.05. The zero-order chi connectivity index (χ0) is 24.1. The van der Waals surface area contributed by atoms with E-state index in [1.807, 2.05) is 0 Å². The number of alkyl halides is 2. The lowest BCUT2D eigenvalue weighted by atomic mass is 9.91. The summed E-state index contributed by atoms with van der Waals surface area (Å²) in [5, 5.41) is 13.7. The number of aliphatic hydroxyl groups excluding tert-OH is 1. The highest BCUT2D eigenvalue weighted by Crippen LogP contribution is 2.37. The van der Waals surface area contributed by atoms with Crippen molar-refractivity contribution in [1.29, 1.82) is 0 Å². The standard InChI is InChI=1S/C20H28BF2N5O4S/c1-11-15(3-4-16(11)29)28-17-12(9-14(18(28)30)20(21,22)23)10-24-19(26-17)25-13-5-7-27(8-6-13)33(2,31)32/h9-11,13,15-16,29H,3-8,21H2,1-2H3,(H,24,25,26)/t11-,15-,16-/m0/s1. The molecule has 33 heavy (non-hydrogen) atoms. The maximum Gasteiger partial charge on any atom is 0.260 e. The van der Waals surface area contributed by atoms with Crippen LogP contribution in [0.15, 0.2) is 17.1 Å². The predicted octanol–water partition coefficient (Wildman–Crippen LogP) is 0.642. The summed E-state index contributed by atoms with van der Waals surface area (Å²) in [6.45, 7) is 2.55. The van der Waals surface area contributed by atoms with Crippen LogP contribution in [0, 0.1) is 5.92 Å². The predicted molar refractivity (Wildman–Crippen MR) is 123 cm³/mol. The van der Waals surface area contributed by atoms with Crippen LogP contribution in [0.3, 0.4) is 0 Å². The third-order valence-corrected chi connectivity index (χ3v) is 8.11. The van der Waals surface area contributed by atoms with Gasteiger partial charge in [-0.3, -0.25) is 9.36 Å². The number of sulfonamides is 1. The molecule has 1 saturated heterocycles. The topological polar surface area (TPSA) is 117 Å². The maximum atomic E-state index is 14.2. The van der Waals surface area contributed by atoms with Crippen molar-refractivity contribution in [3.05, 3.63) is 28.2 Å². The van der Waals surface area contributed by atoms with Gasteiger partial charge in [0.1, 0.15) is 5.65 Å². The number of fused-ring (bicyclic) bond motifs is 1. The second-order valence-corrected chi connectivity index (χ2v) is 11.2. The normalized spacial score (nSPS) is 25.5. The molecule has 2 aliphatic rings. The van der Waals surface area contributed by atoms with Gasteiger partial charge in [0.25, 0.3) is 5.56 Å². The Kier molecular flexibility index (Phi) is 6.25. The number of aliphatic hydroxyl groups is 1. The van der Waals surface area contributed by atoms with E-state index >= 15 is 0 Å². The van der Waals surface area contributed by atoms with Crippen molar-refractivity contribution >= 4 is 34.9 Å². The lowest BCUT2D eigenvalue weighted by molar-refractivity contribution is 0.0913. The van der Waals surface area contributed by atoms with E-state index in [1.54, 1.807) is 6.92 Å². The summed E-state index contributed by atoms with van der Waals surface area (Å²) in [5.74, 6) is -3.38. The van der Waals surface area contributed by atoms with E-state index in [0.717, 1.165) is 6.07 Å². The van der Waals surface area contributed by atoms with E-state index in [9.17, 15) is 27.1 Å². The van der Waals surface area contributed by atoms with E-state index < -0.39 is 39.1 Å². The second kappa shape index (κ2) is 8.59. The Bertz CT molecular complexity index is 1210. The molecule has 4 rings (SSSR count). The SMILES string of the molecule is BC(F)(F)c1cc2cnc(NC3CCN(S(C)(=O)=O)CC3)nc2n([C@H]2CC[C@H](O)[C@H]2C)c1=O. The highest BCUT2D eigenvalue weighted by molar-refractivity contribution is 7.88. The van der Waals surface area contributed by atoms with Gasteiger partial charge in [-0.1, -0.05) is 6.92 Å². The molecule has 2 fully saturated rings. The highest BCUT2D eigenvalue weighted by Gasteiger charge is 2.37. The number of hydrogen-bond acceptors (Lipinski definition) is 7. The number of hydrogen-bond donors (Lipinski definition) is 2. The van der Waals surface area contributed by atoms with Crippen LogP contribution in [0.25, 0.3) is 11.0 Å². The summed E-state index contributed by atoms with van der Waals surface area (Å²) in [4.78, 5) is 21.9. The van der Waals surface area contributed by atoms with Crippen LogP contribution in [0.5, 0.6) is 0 Å². The number of rotatable bonds is 5. The lowest BCUT2D eigenvalue weighted by Crippen LogP contribution is -2.42. The number of piperidine rings is 1. The van der Waals surface area contributed by atoms with Crippen LogP contribution in [0.2, 0.25) is 0 Å². The smallest absolute Gasteiger partial charge is 0.260 e. The first-order valence-corrected chi connectivity index (χ1v) is 12.9. The molecule has 0 unspecified atom stereocenters. The maximum absolute atomic E-state index is 14.2. The van der Waals surface area contributed by atoms with Crippen LogP contribution < -0.4 is 10.9 Å². The molecule has 0 radical (unpaired) electrons. The number of pyridine rings is 1. The second-order valence-electron chi connectivity index (χ2n) is 9.25. The van der Waals surface area contributed by atoms with E-state index in [-0.39, 0.29) is 23.6 Å². The summed E-state index contributed by atoms with van der Waals surface area (Å²) in [7, 11) is -2.56. The monoisotopic (exact) mass is 483 g/mol. The fraction of sp³-hybridized carbons (Fsp3) is 0.650. The van der Waals surface area contributed by atoms with Crippen LogP contribution in [0.1, 0.15) is 44.2 Å². The van der Waals surface area contributed by atoms with E-state index in [0.29, 0.717) is 52.0 Å². The Labute approximate surface area is 191 Å². The lowest BCUT2D eigenvalue weighted by Gasteiger charge is -2.30. The van der Waals surface area contributed by atoms with Crippen molar-refractivity contribution in [2.24, 2.45) is 5.92 Å². The third kappa shape index (κ3) is 4.76. The molecule has 0 amide bonds. The van der Waals surface area contributed by atoms with Crippen molar-refractivity contribution in [3.63, 3.8) is 0 Å². The Morgan fingerprint density at radius 3 is 2.45 bits per heavy atom. The molecule has 1 aliphatic carbocycles. The van der Waals surface area contributed by atoms with Gasteiger partial charge in [-0.05, 0) is 31.7 Å². The van der Waals surface area contributed by atoms with Gasteiger partial charge in [0.15, 0.2) is 7.85 Å². The van der Waals surface area contributed by atoms with Crippen LogP contribution in [-0.4, -0.2) is 71.7 Å². The van der Waals surface area contributed by atoms with Crippen molar-refractivity contribution in [2.45, 2.75) is 56.6 Å². The third-order valence-electron chi connectivity index (χ3n) is 6.81. The van der Waals surface area contributed by atoms with Crippen molar-refractivity contribution < 1.29 is 22.3 Å². The minimum atomic E-state index is -3.34. The van der Waals surface area contributed by atoms with Gasteiger partial charge in [-0.15, -0.1) is 0 Å². The van der Waals surface area contributed by atoms with Crippen LogP contribution in [0.4, 0.5) is 14.7 Å². The van der Waals surface area contributed by atoms with Gasteiger partial charge in [0.2, 0.25) is 21.8 Å². The van der Waals surface area contributed by atoms with E-state index in [4.69, 9.17) is 0 Å². The summed E-state index contributed by atoms with van der Waals surface area (Å²) in [6, 6.07) is 0.614. The zero-order valence-corrected chi connectivity index (χ0v) is 19.6. The molecule has 1 aliphatic heterocycles. The van der Waals surface area contributed by atoms with Gasteiger partial charge >= 0.3 is 0 Å². The Hall–Kier alpha value is -2.12. The minimum Gasteiger partial charge on any atom is -0.393 e. The average molecular weight is 483 g/mol. The van der Waals surface area contributed by atoms with Crippen LogP contribution in [-0.2, 0) is 15.8 Å². The number of nitrogens with one attached hydrogen (secondary N) is 1. The summed E-state index contributed by atoms with van der Waals surface area (Å²) < 4.78 is 54.6. The first-order valence-electron chi connectivity index (χ1n) is 11.1. The minimum absolute atomic E-state index is 0.0629. The molecule has 3 atom stereocenters. The zero-order valence-electron chi connectivity index (χ0n) is 18.8. The van der Waals surface area contributed by atoms with Gasteiger partial charge in [0, 0.05) is 42.7 Å². The van der Waals surface area contributed by atoms with E-state index in [1.165, 1.54) is 21.3 Å². The summed E-state index contributed by atoms with van der Waals surface area (Å²) in [5.41, 5.74) is -1.20. The van der Waals surface area contributed by atoms with Crippen LogP contribution >= 0.6 is 0 Å². The van der Waals surface area contributed by atoms with Crippen molar-refractivity contribution in [3.8, 4) is 0 Å². The first kappa shape index (κ1) is 24.0. The van der Waals surface area contributed by atoms with E-state index in [2.05, 4.69) is 15.3 Å². The van der Waals surface area contributed by atoms with Gasteiger partial charge < -0.3 is 10.4 Å². The molecular formula is C20H28BF2N5O4S.